The Bertz CT molecular complexity index is 508. The predicted molar refractivity (Wildman–Crippen MR) is 62.4 cm³/mol. The third-order valence-electron chi connectivity index (χ3n) is 2.68. The maximum Gasteiger partial charge on any atom is 0.176 e. The van der Waals surface area contributed by atoms with Gasteiger partial charge in [-0.15, -0.1) is 0 Å². The lowest BCUT2D eigenvalue weighted by atomic mass is 9.98. The van der Waals surface area contributed by atoms with Crippen LogP contribution >= 0.6 is 0 Å². The zero-order valence-corrected chi connectivity index (χ0v) is 9.29. The molecule has 78 valence electrons. The highest BCUT2D eigenvalue weighted by atomic mass is 16.1. The van der Waals surface area contributed by atoms with E-state index in [0.717, 1.165) is 22.2 Å². The van der Waals surface area contributed by atoms with Crippen molar-refractivity contribution in [3.8, 4) is 0 Å². The number of para-hydroxylation sites is 1. The van der Waals surface area contributed by atoms with Gasteiger partial charge in [-0.05, 0) is 17.5 Å². The van der Waals surface area contributed by atoms with Crippen LogP contribution in [0.3, 0.4) is 0 Å². The summed E-state index contributed by atoms with van der Waals surface area (Å²) in [5, 5.41) is 1.16. The van der Waals surface area contributed by atoms with Crippen LogP contribution in [0.25, 0.3) is 10.9 Å². The fraction of sp³-hybridized carbons (Fsp3) is 0.308. The molecule has 0 bridgehead atoms. The molecule has 0 saturated heterocycles. The van der Waals surface area contributed by atoms with Gasteiger partial charge in [0.05, 0.1) is 5.69 Å². The Morgan fingerprint density at radius 3 is 2.53 bits per heavy atom. The number of carbonyl (C=O) groups excluding carboxylic acids is 1. The van der Waals surface area contributed by atoms with Crippen molar-refractivity contribution >= 4 is 16.7 Å². The first-order chi connectivity index (χ1) is 7.11. The summed E-state index contributed by atoms with van der Waals surface area (Å²) < 4.78 is 0. The van der Waals surface area contributed by atoms with Crippen molar-refractivity contribution in [2.75, 3.05) is 0 Å². The Labute approximate surface area is 89.3 Å². The highest BCUT2D eigenvalue weighted by Crippen LogP contribution is 2.29. The first kappa shape index (κ1) is 9.97. The molecule has 1 aromatic carbocycles. The normalized spacial score (nSPS) is 11.2. The van der Waals surface area contributed by atoms with Crippen LogP contribution in [0, 0.1) is 0 Å². The summed E-state index contributed by atoms with van der Waals surface area (Å²) in [5.74, 6) is 0.468. The van der Waals surface area contributed by atoms with Crippen LogP contribution in [-0.4, -0.2) is 10.8 Å². The summed E-state index contributed by atoms with van der Waals surface area (Å²) in [6.07, 6.45) is 0. The van der Waals surface area contributed by atoms with Gasteiger partial charge in [-0.2, -0.15) is 0 Å². The number of ketones is 1. The Morgan fingerprint density at radius 2 is 1.93 bits per heavy atom. The van der Waals surface area contributed by atoms with Gasteiger partial charge in [0.1, 0.15) is 0 Å². The molecule has 0 atom stereocenters. The molecule has 0 fully saturated rings. The van der Waals surface area contributed by atoms with Gasteiger partial charge in [0, 0.05) is 17.8 Å². The molecule has 2 rings (SSSR count). The Kier molecular flexibility index (Phi) is 2.35. The van der Waals surface area contributed by atoms with Crippen LogP contribution in [0.1, 0.15) is 42.7 Å². The van der Waals surface area contributed by atoms with Crippen molar-refractivity contribution in [3.05, 3.63) is 35.5 Å². The minimum atomic E-state index is 0.106. The Balaban J connectivity index is 2.80. The molecule has 0 aliphatic heterocycles. The lowest BCUT2D eigenvalue weighted by Crippen LogP contribution is -1.99. The molecular weight excluding hydrogens is 186 g/mol. The lowest BCUT2D eigenvalue weighted by Gasteiger charge is -2.05. The number of rotatable bonds is 2. The molecule has 0 saturated carbocycles. The quantitative estimate of drug-likeness (QED) is 0.741. The van der Waals surface area contributed by atoms with Crippen molar-refractivity contribution in [1.29, 1.82) is 0 Å². The minimum absolute atomic E-state index is 0.106. The number of Topliss-reactive ketones (excluding diaryl/α,β-unsaturated/α-hetero) is 1. The van der Waals surface area contributed by atoms with Gasteiger partial charge in [-0.3, -0.25) is 4.79 Å². The van der Waals surface area contributed by atoms with Crippen LogP contribution in [0.4, 0.5) is 0 Å². The van der Waals surface area contributed by atoms with Crippen LogP contribution in [0.2, 0.25) is 0 Å². The lowest BCUT2D eigenvalue weighted by molar-refractivity contribution is 0.101. The van der Waals surface area contributed by atoms with Gasteiger partial charge in [-0.25, -0.2) is 0 Å². The first-order valence-electron chi connectivity index (χ1n) is 5.22. The zero-order chi connectivity index (χ0) is 11.0. The third-order valence-corrected chi connectivity index (χ3v) is 2.68. The molecule has 0 radical (unpaired) electrons. The van der Waals surface area contributed by atoms with Crippen LogP contribution in [0.15, 0.2) is 24.3 Å². The Morgan fingerprint density at radius 1 is 1.27 bits per heavy atom. The number of nitrogens with one attached hydrogen (secondary N) is 1. The van der Waals surface area contributed by atoms with Crippen molar-refractivity contribution in [2.45, 2.75) is 26.7 Å². The standard InChI is InChI=1S/C13H15NO/c1-8(2)12-10-6-4-5-7-11(10)14-13(12)9(3)15/h4-8,14H,1-3H3. The summed E-state index contributed by atoms with van der Waals surface area (Å²) >= 11 is 0. The number of H-pyrrole nitrogens is 1. The monoisotopic (exact) mass is 201 g/mol. The average Bonchev–Trinajstić information content (AvgIpc) is 2.56. The van der Waals surface area contributed by atoms with Gasteiger partial charge in [0.2, 0.25) is 0 Å². The van der Waals surface area contributed by atoms with E-state index in [1.807, 2.05) is 18.2 Å². The second-order valence-electron chi connectivity index (χ2n) is 4.17. The topological polar surface area (TPSA) is 32.9 Å². The van der Waals surface area contributed by atoms with Crippen molar-refractivity contribution in [1.82, 2.24) is 4.98 Å². The summed E-state index contributed by atoms with van der Waals surface area (Å²) in [7, 11) is 0. The van der Waals surface area contributed by atoms with E-state index < -0.39 is 0 Å². The maximum absolute atomic E-state index is 11.5. The van der Waals surface area contributed by atoms with Crippen LogP contribution < -0.4 is 0 Å². The highest BCUT2D eigenvalue weighted by molar-refractivity contribution is 6.01. The van der Waals surface area contributed by atoms with E-state index in [1.165, 1.54) is 0 Å². The van der Waals surface area contributed by atoms with Gasteiger partial charge < -0.3 is 4.98 Å². The molecule has 0 unspecified atom stereocenters. The summed E-state index contributed by atoms with van der Waals surface area (Å²) in [5.41, 5.74) is 2.94. The summed E-state index contributed by atoms with van der Waals surface area (Å²) in [6.45, 7) is 5.83. The molecular formula is C13H15NO. The van der Waals surface area contributed by atoms with E-state index in [-0.39, 0.29) is 5.78 Å². The van der Waals surface area contributed by atoms with Gasteiger partial charge in [0.25, 0.3) is 0 Å². The molecule has 0 aliphatic carbocycles. The zero-order valence-electron chi connectivity index (χ0n) is 9.29. The second-order valence-corrected chi connectivity index (χ2v) is 4.17. The summed E-state index contributed by atoms with van der Waals surface area (Å²) in [6, 6.07) is 8.06. The largest absolute Gasteiger partial charge is 0.352 e. The average molecular weight is 201 g/mol. The molecule has 1 heterocycles. The van der Waals surface area contributed by atoms with Gasteiger partial charge >= 0.3 is 0 Å². The molecule has 2 heteroatoms. The Hall–Kier alpha value is -1.57. The van der Waals surface area contributed by atoms with E-state index in [4.69, 9.17) is 0 Å². The van der Waals surface area contributed by atoms with E-state index >= 15 is 0 Å². The van der Waals surface area contributed by atoms with Gasteiger partial charge in [-0.1, -0.05) is 32.0 Å². The minimum Gasteiger partial charge on any atom is -0.352 e. The number of aromatic amines is 1. The van der Waals surface area contributed by atoms with E-state index in [1.54, 1.807) is 6.92 Å². The van der Waals surface area contributed by atoms with Crippen molar-refractivity contribution < 1.29 is 4.79 Å². The fourth-order valence-electron chi connectivity index (χ4n) is 2.04. The molecule has 1 aromatic heterocycles. The molecule has 0 spiro atoms. The smallest absolute Gasteiger partial charge is 0.176 e. The number of hydrogen-bond acceptors (Lipinski definition) is 1. The van der Waals surface area contributed by atoms with Crippen molar-refractivity contribution in [2.24, 2.45) is 0 Å². The molecule has 15 heavy (non-hydrogen) atoms. The third kappa shape index (κ3) is 1.56. The van der Waals surface area contributed by atoms with E-state index in [2.05, 4.69) is 24.9 Å². The van der Waals surface area contributed by atoms with Gasteiger partial charge in [0.15, 0.2) is 5.78 Å². The number of aromatic nitrogens is 1. The SMILES string of the molecule is CC(=O)c1[nH]c2ccccc2c1C(C)C. The first-order valence-corrected chi connectivity index (χ1v) is 5.22. The summed E-state index contributed by atoms with van der Waals surface area (Å²) in [4.78, 5) is 14.7. The number of hydrogen-bond donors (Lipinski definition) is 1. The van der Waals surface area contributed by atoms with Crippen LogP contribution in [-0.2, 0) is 0 Å². The number of benzene rings is 1. The van der Waals surface area contributed by atoms with E-state index in [0.29, 0.717) is 5.92 Å². The van der Waals surface area contributed by atoms with Crippen molar-refractivity contribution in [3.63, 3.8) is 0 Å². The van der Waals surface area contributed by atoms with E-state index in [9.17, 15) is 4.79 Å². The molecule has 0 aliphatic rings. The predicted octanol–water partition coefficient (Wildman–Crippen LogP) is 3.49. The number of fused-ring (bicyclic) bond motifs is 1. The highest BCUT2D eigenvalue weighted by Gasteiger charge is 2.16. The maximum atomic E-state index is 11.5. The second kappa shape index (κ2) is 3.54. The molecule has 1 N–H and O–H groups in total. The molecule has 2 nitrogen and oxygen atoms in total. The molecule has 2 aromatic rings. The van der Waals surface area contributed by atoms with Crippen LogP contribution in [0.5, 0.6) is 0 Å². The molecule has 0 amide bonds. The number of carbonyl (C=O) groups is 1. The fourth-order valence-corrected chi connectivity index (χ4v) is 2.04.